The molecular weight excluding hydrogens is 152 g/mol. The van der Waals surface area contributed by atoms with Crippen LogP contribution in [0.25, 0.3) is 0 Å². The first-order valence-corrected chi connectivity index (χ1v) is 3.87. The number of nitrogen functional groups attached to an aromatic ring is 1. The highest BCUT2D eigenvalue weighted by Gasteiger charge is 2.27. The molecule has 1 aromatic rings. The molecule has 0 aromatic heterocycles. The van der Waals surface area contributed by atoms with Crippen LogP contribution < -0.4 is 11.5 Å². The van der Waals surface area contributed by atoms with Gasteiger partial charge in [0, 0.05) is 23.7 Å². The van der Waals surface area contributed by atoms with Gasteiger partial charge in [0.05, 0.1) is 0 Å². The van der Waals surface area contributed by atoms with Crippen LogP contribution in [0.2, 0.25) is 0 Å². The van der Waals surface area contributed by atoms with E-state index in [1.807, 2.05) is 12.1 Å². The Balaban J connectivity index is 2.67. The summed E-state index contributed by atoms with van der Waals surface area (Å²) in [5, 5.41) is 0. The fraction of sp³-hybridized carbons (Fsp3) is 0.222. The third-order valence-electron chi connectivity index (χ3n) is 2.21. The van der Waals surface area contributed by atoms with E-state index >= 15 is 0 Å². The van der Waals surface area contributed by atoms with Crippen LogP contribution in [0, 0.1) is 0 Å². The van der Waals surface area contributed by atoms with Gasteiger partial charge in [0.1, 0.15) is 0 Å². The number of fused-ring (bicyclic) bond motifs is 1. The van der Waals surface area contributed by atoms with E-state index in [0.717, 1.165) is 5.56 Å². The van der Waals surface area contributed by atoms with Crippen LogP contribution in [0.1, 0.15) is 28.4 Å². The molecule has 3 heteroatoms. The summed E-state index contributed by atoms with van der Waals surface area (Å²) in [4.78, 5) is 11.3. The fourth-order valence-corrected chi connectivity index (χ4v) is 1.63. The van der Waals surface area contributed by atoms with Crippen molar-refractivity contribution in [1.29, 1.82) is 0 Å². The molecule has 1 atom stereocenters. The molecule has 0 saturated carbocycles. The first-order valence-electron chi connectivity index (χ1n) is 3.87. The molecule has 0 fully saturated rings. The Morgan fingerprint density at radius 3 is 2.83 bits per heavy atom. The zero-order chi connectivity index (χ0) is 8.72. The van der Waals surface area contributed by atoms with E-state index in [1.54, 1.807) is 6.07 Å². The molecule has 0 saturated heterocycles. The monoisotopic (exact) mass is 162 g/mol. The molecule has 0 heterocycles. The van der Waals surface area contributed by atoms with Crippen LogP contribution in [0.4, 0.5) is 5.69 Å². The molecule has 0 unspecified atom stereocenters. The molecule has 1 aromatic carbocycles. The third kappa shape index (κ3) is 0.833. The smallest absolute Gasteiger partial charge is 0.167 e. The predicted octanol–water partition coefficient (Wildman–Crippen LogP) is 0.855. The Hall–Kier alpha value is -1.35. The third-order valence-corrected chi connectivity index (χ3v) is 2.21. The second-order valence-corrected chi connectivity index (χ2v) is 3.05. The van der Waals surface area contributed by atoms with E-state index in [4.69, 9.17) is 11.5 Å². The van der Waals surface area contributed by atoms with Crippen LogP contribution in [-0.4, -0.2) is 5.78 Å². The second kappa shape index (κ2) is 2.32. The topological polar surface area (TPSA) is 69.1 Å². The van der Waals surface area contributed by atoms with Crippen molar-refractivity contribution in [3.05, 3.63) is 29.3 Å². The van der Waals surface area contributed by atoms with Gasteiger partial charge in [-0.05, 0) is 11.6 Å². The van der Waals surface area contributed by atoms with Gasteiger partial charge in [-0.15, -0.1) is 0 Å². The number of Topliss-reactive ketones (excluding diaryl/α,β-unsaturated/α-hetero) is 1. The highest BCUT2D eigenvalue weighted by atomic mass is 16.1. The first-order chi connectivity index (χ1) is 5.70. The summed E-state index contributed by atoms with van der Waals surface area (Å²) in [5.74, 6) is 0.0654. The van der Waals surface area contributed by atoms with Gasteiger partial charge in [-0.25, -0.2) is 0 Å². The van der Waals surface area contributed by atoms with Crippen molar-refractivity contribution in [3.63, 3.8) is 0 Å². The maximum Gasteiger partial charge on any atom is 0.167 e. The molecule has 1 aliphatic rings. The minimum Gasteiger partial charge on any atom is -0.398 e. The van der Waals surface area contributed by atoms with E-state index in [2.05, 4.69) is 0 Å². The highest BCUT2D eigenvalue weighted by molar-refractivity contribution is 6.05. The molecule has 3 nitrogen and oxygen atoms in total. The van der Waals surface area contributed by atoms with Gasteiger partial charge in [-0.3, -0.25) is 4.79 Å². The second-order valence-electron chi connectivity index (χ2n) is 3.05. The Morgan fingerprint density at radius 1 is 1.42 bits per heavy atom. The minimum absolute atomic E-state index is 0.0654. The summed E-state index contributed by atoms with van der Waals surface area (Å²) >= 11 is 0. The van der Waals surface area contributed by atoms with Gasteiger partial charge in [0.25, 0.3) is 0 Å². The Labute approximate surface area is 70.4 Å². The number of rotatable bonds is 0. The predicted molar refractivity (Wildman–Crippen MR) is 46.7 cm³/mol. The number of nitrogens with two attached hydrogens (primary N) is 2. The highest BCUT2D eigenvalue weighted by Crippen LogP contribution is 2.32. The van der Waals surface area contributed by atoms with Crippen LogP contribution in [0.15, 0.2) is 18.2 Å². The van der Waals surface area contributed by atoms with Crippen molar-refractivity contribution in [3.8, 4) is 0 Å². The maximum absolute atomic E-state index is 11.3. The number of hydrogen-bond acceptors (Lipinski definition) is 3. The SMILES string of the molecule is Nc1cccc2c1C(=O)C[C@@H]2N. The molecule has 0 radical (unpaired) electrons. The number of ketones is 1. The largest absolute Gasteiger partial charge is 0.398 e. The number of carbonyl (C=O) groups excluding carboxylic acids is 1. The van der Waals surface area contributed by atoms with Crippen LogP contribution >= 0.6 is 0 Å². The van der Waals surface area contributed by atoms with E-state index in [-0.39, 0.29) is 11.8 Å². The summed E-state index contributed by atoms with van der Waals surface area (Å²) in [6, 6.07) is 5.26. The zero-order valence-electron chi connectivity index (χ0n) is 6.58. The standard InChI is InChI=1S/C9H10N2O/c10-6-3-1-2-5-7(11)4-8(12)9(5)6/h1-3,7H,4,10-11H2/t7-/m0/s1. The number of benzene rings is 1. The zero-order valence-corrected chi connectivity index (χ0v) is 6.58. The van der Waals surface area contributed by atoms with Gasteiger partial charge in [-0.1, -0.05) is 12.1 Å². The van der Waals surface area contributed by atoms with Crippen molar-refractivity contribution in [1.82, 2.24) is 0 Å². The van der Waals surface area contributed by atoms with Crippen molar-refractivity contribution >= 4 is 11.5 Å². The van der Waals surface area contributed by atoms with Crippen molar-refractivity contribution in [2.45, 2.75) is 12.5 Å². The normalized spacial score (nSPS) is 21.1. The molecule has 0 spiro atoms. The van der Waals surface area contributed by atoms with E-state index in [9.17, 15) is 4.79 Å². The Kier molecular flexibility index (Phi) is 1.41. The number of carbonyl (C=O) groups is 1. The number of anilines is 1. The average Bonchev–Trinajstić information content (AvgIpc) is 2.29. The van der Waals surface area contributed by atoms with E-state index in [1.165, 1.54) is 0 Å². The molecule has 2 rings (SSSR count). The Morgan fingerprint density at radius 2 is 2.17 bits per heavy atom. The van der Waals surface area contributed by atoms with Gasteiger partial charge < -0.3 is 11.5 Å². The van der Waals surface area contributed by atoms with Crippen LogP contribution in [0.3, 0.4) is 0 Å². The molecule has 4 N–H and O–H groups in total. The lowest BCUT2D eigenvalue weighted by atomic mass is 10.1. The summed E-state index contributed by atoms with van der Waals surface area (Å²) in [6.45, 7) is 0. The lowest BCUT2D eigenvalue weighted by molar-refractivity contribution is 0.0990. The fourth-order valence-electron chi connectivity index (χ4n) is 1.63. The summed E-state index contributed by atoms with van der Waals surface area (Å²) < 4.78 is 0. The summed E-state index contributed by atoms with van der Waals surface area (Å²) in [6.07, 6.45) is 0.392. The minimum atomic E-state index is -0.156. The first kappa shape index (κ1) is 7.31. The molecule has 0 aliphatic heterocycles. The molecule has 1 aliphatic carbocycles. The lowest BCUT2D eigenvalue weighted by Gasteiger charge is -2.03. The molecule has 62 valence electrons. The molecular formula is C9H10N2O. The molecule has 12 heavy (non-hydrogen) atoms. The Bertz CT molecular complexity index is 346. The van der Waals surface area contributed by atoms with Crippen LogP contribution in [-0.2, 0) is 0 Å². The van der Waals surface area contributed by atoms with Crippen molar-refractivity contribution in [2.75, 3.05) is 5.73 Å². The van der Waals surface area contributed by atoms with Crippen molar-refractivity contribution < 1.29 is 4.79 Å². The van der Waals surface area contributed by atoms with Gasteiger partial charge in [-0.2, -0.15) is 0 Å². The van der Waals surface area contributed by atoms with Gasteiger partial charge >= 0.3 is 0 Å². The average molecular weight is 162 g/mol. The van der Waals surface area contributed by atoms with Gasteiger partial charge in [0.2, 0.25) is 0 Å². The molecule has 0 bridgehead atoms. The molecule has 0 amide bonds. The lowest BCUT2D eigenvalue weighted by Crippen LogP contribution is -2.05. The van der Waals surface area contributed by atoms with Crippen molar-refractivity contribution in [2.24, 2.45) is 5.73 Å². The summed E-state index contributed by atoms with van der Waals surface area (Å²) in [5.41, 5.74) is 13.4. The van der Waals surface area contributed by atoms with Crippen LogP contribution in [0.5, 0.6) is 0 Å². The summed E-state index contributed by atoms with van der Waals surface area (Å²) in [7, 11) is 0. The van der Waals surface area contributed by atoms with Gasteiger partial charge in [0.15, 0.2) is 5.78 Å². The van der Waals surface area contributed by atoms with E-state index in [0.29, 0.717) is 17.7 Å². The maximum atomic E-state index is 11.3. The van der Waals surface area contributed by atoms with E-state index < -0.39 is 0 Å². The number of hydrogen-bond donors (Lipinski definition) is 2. The quantitative estimate of drug-likeness (QED) is 0.556.